The van der Waals surface area contributed by atoms with Crippen LogP contribution >= 0.6 is 0 Å². The van der Waals surface area contributed by atoms with Crippen LogP contribution in [-0.4, -0.2) is 11.9 Å². The summed E-state index contributed by atoms with van der Waals surface area (Å²) in [5.41, 5.74) is 0. The predicted octanol–water partition coefficient (Wildman–Crippen LogP) is 6.11. The van der Waals surface area contributed by atoms with Crippen molar-refractivity contribution in [2.75, 3.05) is 0 Å². The molecule has 3 nitrogen and oxygen atoms in total. The molecule has 0 rings (SSSR count). The Labute approximate surface area is 142 Å². The van der Waals surface area contributed by atoms with Gasteiger partial charge in [-0.1, -0.05) is 70.4 Å². The van der Waals surface area contributed by atoms with E-state index in [1.807, 2.05) is 0 Å². The van der Waals surface area contributed by atoms with Gasteiger partial charge in [-0.25, -0.2) is 0 Å². The van der Waals surface area contributed by atoms with E-state index < -0.39 is 11.9 Å². The van der Waals surface area contributed by atoms with Crippen LogP contribution in [0.2, 0.25) is 0 Å². The standard InChI is InChI=1S/C20H36O3/c1-3-4-5-6-7-8-9-10-11-12-13-14-15-16-17-18-20(22)23-19(2)21/h10-11H,3-9,12-18H2,1-2H3/b11-10+. The van der Waals surface area contributed by atoms with Gasteiger partial charge in [0.1, 0.15) is 0 Å². The van der Waals surface area contributed by atoms with Gasteiger partial charge in [0.25, 0.3) is 0 Å². The first-order valence-corrected chi connectivity index (χ1v) is 9.53. The first-order valence-electron chi connectivity index (χ1n) is 9.53. The molecular formula is C20H36O3. The average Bonchev–Trinajstić information content (AvgIpc) is 2.50. The van der Waals surface area contributed by atoms with Crippen LogP contribution in [0.25, 0.3) is 0 Å². The van der Waals surface area contributed by atoms with Crippen molar-refractivity contribution in [2.45, 2.75) is 104 Å². The first kappa shape index (κ1) is 21.9. The van der Waals surface area contributed by atoms with Gasteiger partial charge in [-0.15, -0.1) is 0 Å². The molecular weight excluding hydrogens is 288 g/mol. The van der Waals surface area contributed by atoms with Gasteiger partial charge in [0.15, 0.2) is 0 Å². The third-order valence-electron chi connectivity index (χ3n) is 3.90. The molecule has 0 aliphatic rings. The number of rotatable bonds is 15. The van der Waals surface area contributed by atoms with Crippen molar-refractivity contribution < 1.29 is 14.3 Å². The van der Waals surface area contributed by atoms with Crippen molar-refractivity contribution in [3.8, 4) is 0 Å². The second-order valence-electron chi connectivity index (χ2n) is 6.30. The van der Waals surface area contributed by atoms with E-state index in [1.54, 1.807) is 0 Å². The fourth-order valence-corrected chi connectivity index (χ4v) is 2.55. The van der Waals surface area contributed by atoms with E-state index in [-0.39, 0.29) is 0 Å². The second-order valence-corrected chi connectivity index (χ2v) is 6.30. The zero-order chi connectivity index (χ0) is 17.2. The van der Waals surface area contributed by atoms with Crippen molar-refractivity contribution in [1.82, 2.24) is 0 Å². The van der Waals surface area contributed by atoms with Crippen LogP contribution in [-0.2, 0) is 14.3 Å². The van der Waals surface area contributed by atoms with Crippen molar-refractivity contribution in [3.63, 3.8) is 0 Å². The molecule has 0 amide bonds. The molecule has 0 spiro atoms. The normalized spacial score (nSPS) is 11.0. The Kier molecular flexibility index (Phi) is 16.4. The topological polar surface area (TPSA) is 43.4 Å². The minimum atomic E-state index is -0.511. The molecule has 0 aromatic heterocycles. The van der Waals surface area contributed by atoms with Crippen LogP contribution in [0.15, 0.2) is 12.2 Å². The summed E-state index contributed by atoms with van der Waals surface area (Å²) in [4.78, 5) is 21.7. The molecule has 3 heteroatoms. The molecule has 0 unspecified atom stereocenters. The molecule has 0 fully saturated rings. The lowest BCUT2D eigenvalue weighted by molar-refractivity contribution is -0.158. The van der Waals surface area contributed by atoms with Gasteiger partial charge in [0.05, 0.1) is 0 Å². The number of hydrogen-bond acceptors (Lipinski definition) is 3. The number of allylic oxidation sites excluding steroid dienone is 2. The predicted molar refractivity (Wildman–Crippen MR) is 96.2 cm³/mol. The highest BCUT2D eigenvalue weighted by Gasteiger charge is 2.04. The largest absolute Gasteiger partial charge is 0.393 e. The number of hydrogen-bond donors (Lipinski definition) is 0. The lowest BCUT2D eigenvalue weighted by Gasteiger charge is -2.01. The summed E-state index contributed by atoms with van der Waals surface area (Å²) in [5, 5.41) is 0. The summed E-state index contributed by atoms with van der Waals surface area (Å²) >= 11 is 0. The molecule has 0 atom stereocenters. The molecule has 0 saturated carbocycles. The maximum absolute atomic E-state index is 11.1. The van der Waals surface area contributed by atoms with Gasteiger partial charge >= 0.3 is 11.9 Å². The van der Waals surface area contributed by atoms with Gasteiger partial charge in [-0.3, -0.25) is 9.59 Å². The smallest absolute Gasteiger partial charge is 0.313 e. The highest BCUT2D eigenvalue weighted by Crippen LogP contribution is 2.10. The van der Waals surface area contributed by atoms with Gasteiger partial charge in [-0.2, -0.15) is 0 Å². The van der Waals surface area contributed by atoms with Crippen LogP contribution < -0.4 is 0 Å². The summed E-state index contributed by atoms with van der Waals surface area (Å²) in [6, 6.07) is 0. The maximum Gasteiger partial charge on any atom is 0.313 e. The van der Waals surface area contributed by atoms with Crippen molar-refractivity contribution >= 4 is 11.9 Å². The van der Waals surface area contributed by atoms with Gasteiger partial charge < -0.3 is 4.74 Å². The zero-order valence-electron chi connectivity index (χ0n) is 15.3. The van der Waals surface area contributed by atoms with E-state index in [1.165, 1.54) is 71.1 Å². The number of ether oxygens (including phenoxy) is 1. The molecule has 0 aromatic rings. The number of carbonyl (C=O) groups is 2. The SMILES string of the molecule is CCCCCCCC/C=C/CCCCCCCC(=O)OC(C)=O. The Morgan fingerprint density at radius 3 is 1.74 bits per heavy atom. The molecule has 0 radical (unpaired) electrons. The van der Waals surface area contributed by atoms with Crippen molar-refractivity contribution in [3.05, 3.63) is 12.2 Å². The fourth-order valence-electron chi connectivity index (χ4n) is 2.55. The van der Waals surface area contributed by atoms with Gasteiger partial charge in [0.2, 0.25) is 0 Å². The van der Waals surface area contributed by atoms with E-state index in [0.29, 0.717) is 6.42 Å². The molecule has 0 aliphatic carbocycles. The fraction of sp³-hybridized carbons (Fsp3) is 0.800. The third-order valence-corrected chi connectivity index (χ3v) is 3.90. The Bertz CT molecular complexity index is 321. The highest BCUT2D eigenvalue weighted by molar-refractivity contribution is 5.83. The number of carbonyl (C=O) groups excluding carboxylic acids is 2. The Morgan fingerprint density at radius 2 is 1.22 bits per heavy atom. The molecule has 0 saturated heterocycles. The van der Waals surface area contributed by atoms with E-state index in [0.717, 1.165) is 19.3 Å². The first-order chi connectivity index (χ1) is 11.2. The van der Waals surface area contributed by atoms with Crippen LogP contribution in [0, 0.1) is 0 Å². The van der Waals surface area contributed by atoms with Crippen LogP contribution in [0.3, 0.4) is 0 Å². The second kappa shape index (κ2) is 17.2. The maximum atomic E-state index is 11.1. The minimum absolute atomic E-state index is 0.359. The van der Waals surface area contributed by atoms with E-state index in [4.69, 9.17) is 0 Å². The quantitative estimate of drug-likeness (QED) is 0.158. The van der Waals surface area contributed by atoms with Gasteiger partial charge in [0, 0.05) is 13.3 Å². The molecule has 0 heterocycles. The number of unbranched alkanes of at least 4 members (excludes halogenated alkanes) is 11. The zero-order valence-corrected chi connectivity index (χ0v) is 15.3. The minimum Gasteiger partial charge on any atom is -0.393 e. The summed E-state index contributed by atoms with van der Waals surface area (Å²) in [7, 11) is 0. The van der Waals surface area contributed by atoms with Crippen LogP contribution in [0.1, 0.15) is 104 Å². The summed E-state index contributed by atoms with van der Waals surface area (Å²) in [6.45, 7) is 3.52. The molecule has 23 heavy (non-hydrogen) atoms. The van der Waals surface area contributed by atoms with E-state index in [2.05, 4.69) is 23.8 Å². The molecule has 0 aromatic carbocycles. The summed E-state index contributed by atoms with van der Waals surface area (Å²) in [6.07, 6.45) is 21.0. The average molecular weight is 325 g/mol. The van der Waals surface area contributed by atoms with Crippen molar-refractivity contribution in [2.24, 2.45) is 0 Å². The van der Waals surface area contributed by atoms with E-state index in [9.17, 15) is 9.59 Å². The summed E-state index contributed by atoms with van der Waals surface area (Å²) in [5.74, 6) is -0.905. The summed E-state index contributed by atoms with van der Waals surface area (Å²) < 4.78 is 4.48. The van der Waals surface area contributed by atoms with Crippen LogP contribution in [0.4, 0.5) is 0 Å². The molecule has 0 bridgehead atoms. The molecule has 0 N–H and O–H groups in total. The Balaban J connectivity index is 3.19. The highest BCUT2D eigenvalue weighted by atomic mass is 16.6. The van der Waals surface area contributed by atoms with E-state index >= 15 is 0 Å². The third kappa shape index (κ3) is 18.8. The molecule has 0 aliphatic heterocycles. The lowest BCUT2D eigenvalue weighted by Crippen LogP contribution is -2.08. The Morgan fingerprint density at radius 1 is 0.739 bits per heavy atom. The monoisotopic (exact) mass is 324 g/mol. The number of esters is 2. The van der Waals surface area contributed by atoms with Crippen LogP contribution in [0.5, 0.6) is 0 Å². The Hall–Kier alpha value is -1.12. The molecule has 134 valence electrons. The van der Waals surface area contributed by atoms with Gasteiger partial charge in [-0.05, 0) is 32.1 Å². The van der Waals surface area contributed by atoms with Crippen molar-refractivity contribution in [1.29, 1.82) is 0 Å². The lowest BCUT2D eigenvalue weighted by atomic mass is 10.1.